The number of carbonyl (C=O) groups excluding carboxylic acids is 1. The van der Waals surface area contributed by atoms with Crippen LogP contribution in [0.3, 0.4) is 0 Å². The lowest BCUT2D eigenvalue weighted by Gasteiger charge is -2.02. The molecule has 1 saturated heterocycles. The Hall–Kier alpha value is -1.61. The largest absolute Gasteiger partial charge is 0.280 e. The van der Waals surface area contributed by atoms with Crippen LogP contribution in [0.25, 0.3) is 17.2 Å². The van der Waals surface area contributed by atoms with Crippen molar-refractivity contribution >= 4 is 51.6 Å². The number of nitrogens with two attached hydrogens (primary N) is 1. The number of thiocarbonyl (C=S) groups is 1. The van der Waals surface area contributed by atoms with Crippen LogP contribution in [0.5, 0.6) is 0 Å². The van der Waals surface area contributed by atoms with E-state index in [1.807, 2.05) is 5.38 Å². The lowest BCUT2D eigenvalue weighted by molar-refractivity contribution is -0.122. The molecule has 2 heterocycles. The standard InChI is InChI=1S/C14H8F2N2OS3/c15-10-2-1-7(4-11(10)16)8-3-9(21-6-8)5-12-13(19)18(17)14(20)22-12/h1-6H,17H2/b12-5-. The summed E-state index contributed by atoms with van der Waals surface area (Å²) in [5.41, 5.74) is 1.32. The number of thioether (sulfide) groups is 1. The highest BCUT2D eigenvalue weighted by Gasteiger charge is 2.29. The Balaban J connectivity index is 1.90. The third kappa shape index (κ3) is 2.82. The molecule has 1 aromatic carbocycles. The van der Waals surface area contributed by atoms with Gasteiger partial charge >= 0.3 is 0 Å². The number of thiophene rings is 1. The number of hydrazine groups is 1. The number of benzene rings is 1. The first-order valence-electron chi connectivity index (χ1n) is 6.02. The molecule has 0 saturated carbocycles. The first-order valence-corrected chi connectivity index (χ1v) is 8.13. The quantitative estimate of drug-likeness (QED) is 0.386. The van der Waals surface area contributed by atoms with Crippen LogP contribution in [0.1, 0.15) is 4.88 Å². The molecule has 3 rings (SSSR count). The summed E-state index contributed by atoms with van der Waals surface area (Å²) in [5.74, 6) is 3.37. The third-order valence-electron chi connectivity index (χ3n) is 2.97. The Labute approximate surface area is 138 Å². The van der Waals surface area contributed by atoms with Crippen LogP contribution in [0.4, 0.5) is 8.78 Å². The second-order valence-electron chi connectivity index (χ2n) is 4.42. The molecule has 0 atom stereocenters. The minimum atomic E-state index is -0.894. The molecule has 0 radical (unpaired) electrons. The van der Waals surface area contributed by atoms with Crippen molar-refractivity contribution in [2.24, 2.45) is 5.84 Å². The number of nitrogens with zero attached hydrogens (tertiary/aromatic N) is 1. The van der Waals surface area contributed by atoms with E-state index in [0.29, 0.717) is 14.8 Å². The summed E-state index contributed by atoms with van der Waals surface area (Å²) >= 11 is 7.46. The predicted molar refractivity (Wildman–Crippen MR) is 88.9 cm³/mol. The Morgan fingerprint density at radius 3 is 2.59 bits per heavy atom. The van der Waals surface area contributed by atoms with E-state index < -0.39 is 11.6 Å². The molecule has 3 nitrogen and oxygen atoms in total. The van der Waals surface area contributed by atoms with E-state index in [9.17, 15) is 13.6 Å². The van der Waals surface area contributed by atoms with Crippen LogP contribution in [0, 0.1) is 11.6 Å². The molecule has 22 heavy (non-hydrogen) atoms. The molecule has 1 amide bonds. The smallest absolute Gasteiger partial charge is 0.267 e. The molecule has 8 heteroatoms. The van der Waals surface area contributed by atoms with Crippen molar-refractivity contribution in [1.29, 1.82) is 0 Å². The van der Waals surface area contributed by atoms with Gasteiger partial charge in [-0.2, -0.15) is 0 Å². The van der Waals surface area contributed by atoms with E-state index in [2.05, 4.69) is 0 Å². The first kappa shape index (κ1) is 15.3. The van der Waals surface area contributed by atoms with E-state index in [1.54, 1.807) is 12.1 Å². The fourth-order valence-corrected chi connectivity index (χ4v) is 3.88. The fourth-order valence-electron chi connectivity index (χ4n) is 1.86. The maximum atomic E-state index is 13.3. The Morgan fingerprint density at radius 2 is 1.95 bits per heavy atom. The maximum absolute atomic E-state index is 13.3. The molecular formula is C14H8F2N2OS3. The summed E-state index contributed by atoms with van der Waals surface area (Å²) in [6.45, 7) is 0. The summed E-state index contributed by atoms with van der Waals surface area (Å²) in [6.07, 6.45) is 1.68. The summed E-state index contributed by atoms with van der Waals surface area (Å²) in [7, 11) is 0. The van der Waals surface area contributed by atoms with Gasteiger partial charge in [0, 0.05) is 4.88 Å². The highest BCUT2D eigenvalue weighted by Crippen LogP contribution is 2.33. The van der Waals surface area contributed by atoms with Gasteiger partial charge in [-0.1, -0.05) is 30.0 Å². The minimum absolute atomic E-state index is 0.300. The number of amides is 1. The number of rotatable bonds is 2. The van der Waals surface area contributed by atoms with Gasteiger partial charge in [0.1, 0.15) is 0 Å². The van der Waals surface area contributed by atoms with Crippen LogP contribution in [-0.2, 0) is 4.79 Å². The molecule has 1 aliphatic heterocycles. The van der Waals surface area contributed by atoms with Gasteiger partial charge < -0.3 is 0 Å². The van der Waals surface area contributed by atoms with Gasteiger partial charge in [-0.15, -0.1) is 11.3 Å². The zero-order valence-corrected chi connectivity index (χ0v) is 13.3. The van der Waals surface area contributed by atoms with Crippen LogP contribution in [-0.4, -0.2) is 15.2 Å². The predicted octanol–water partition coefficient (Wildman–Crippen LogP) is 3.77. The van der Waals surface area contributed by atoms with Crippen molar-refractivity contribution in [3.63, 3.8) is 0 Å². The summed E-state index contributed by atoms with van der Waals surface area (Å²) in [5, 5.41) is 2.73. The SMILES string of the molecule is NN1C(=O)/C(=C/c2cc(-c3ccc(F)c(F)c3)cs2)SC1=S. The Bertz CT molecular complexity index is 816. The van der Waals surface area contributed by atoms with Gasteiger partial charge in [-0.05, 0) is 40.8 Å². The average Bonchev–Trinajstić information content (AvgIpc) is 3.04. The lowest BCUT2D eigenvalue weighted by atomic mass is 10.1. The van der Waals surface area contributed by atoms with E-state index in [-0.39, 0.29) is 5.91 Å². The van der Waals surface area contributed by atoms with Crippen LogP contribution < -0.4 is 5.84 Å². The molecule has 1 aromatic heterocycles. The molecular weight excluding hydrogens is 346 g/mol. The molecule has 112 valence electrons. The molecule has 0 spiro atoms. The highest BCUT2D eigenvalue weighted by atomic mass is 32.2. The van der Waals surface area contributed by atoms with Crippen molar-refractivity contribution < 1.29 is 13.6 Å². The summed E-state index contributed by atoms with van der Waals surface area (Å²) < 4.78 is 26.5. The van der Waals surface area contributed by atoms with Crippen molar-refractivity contribution in [3.8, 4) is 11.1 Å². The van der Waals surface area contributed by atoms with Crippen molar-refractivity contribution in [2.45, 2.75) is 0 Å². The zero-order valence-electron chi connectivity index (χ0n) is 10.9. The second-order valence-corrected chi connectivity index (χ2v) is 7.04. The molecule has 2 aromatic rings. The Kier molecular flexibility index (Phi) is 4.09. The molecule has 0 unspecified atom stereocenters. The van der Waals surface area contributed by atoms with Crippen LogP contribution in [0.2, 0.25) is 0 Å². The van der Waals surface area contributed by atoms with Crippen LogP contribution >= 0.6 is 35.3 Å². The first-order chi connectivity index (χ1) is 10.5. The number of hydrogen-bond donors (Lipinski definition) is 1. The summed E-state index contributed by atoms with van der Waals surface area (Å²) in [4.78, 5) is 13.1. The third-order valence-corrected chi connectivity index (χ3v) is 5.18. The molecule has 2 N–H and O–H groups in total. The monoisotopic (exact) mass is 354 g/mol. The average molecular weight is 354 g/mol. The van der Waals surface area contributed by atoms with E-state index in [1.165, 1.54) is 17.4 Å². The molecule has 1 aliphatic rings. The molecule has 1 fully saturated rings. The number of carbonyl (C=O) groups is 1. The highest BCUT2D eigenvalue weighted by molar-refractivity contribution is 8.26. The Morgan fingerprint density at radius 1 is 1.18 bits per heavy atom. The number of hydrogen-bond acceptors (Lipinski definition) is 5. The van der Waals surface area contributed by atoms with Gasteiger partial charge in [0.05, 0.1) is 4.91 Å². The van der Waals surface area contributed by atoms with Crippen LogP contribution in [0.15, 0.2) is 34.6 Å². The molecule has 0 bridgehead atoms. The van der Waals surface area contributed by atoms with Gasteiger partial charge in [0.15, 0.2) is 16.0 Å². The fraction of sp³-hybridized carbons (Fsp3) is 0. The molecule has 0 aliphatic carbocycles. The topological polar surface area (TPSA) is 46.3 Å². The van der Waals surface area contributed by atoms with Crippen molar-refractivity contribution in [1.82, 2.24) is 5.01 Å². The second kappa shape index (κ2) is 5.88. The van der Waals surface area contributed by atoms with Gasteiger partial charge in [0.25, 0.3) is 5.91 Å². The normalized spacial score (nSPS) is 16.9. The van der Waals surface area contributed by atoms with E-state index in [4.69, 9.17) is 18.1 Å². The lowest BCUT2D eigenvalue weighted by Crippen LogP contribution is -2.34. The minimum Gasteiger partial charge on any atom is -0.267 e. The van der Waals surface area contributed by atoms with Crippen molar-refractivity contribution in [3.05, 3.63) is 51.1 Å². The van der Waals surface area contributed by atoms with E-state index in [0.717, 1.165) is 39.3 Å². The summed E-state index contributed by atoms with van der Waals surface area (Å²) in [6, 6.07) is 5.52. The number of halogens is 2. The van der Waals surface area contributed by atoms with Gasteiger partial charge in [-0.25, -0.2) is 19.6 Å². The maximum Gasteiger partial charge on any atom is 0.280 e. The van der Waals surface area contributed by atoms with Gasteiger partial charge in [-0.3, -0.25) is 4.79 Å². The van der Waals surface area contributed by atoms with Gasteiger partial charge in [0.2, 0.25) is 0 Å². The van der Waals surface area contributed by atoms with E-state index >= 15 is 0 Å². The zero-order chi connectivity index (χ0) is 15.9. The van der Waals surface area contributed by atoms with Crippen molar-refractivity contribution in [2.75, 3.05) is 0 Å².